The number of aromatic nitrogens is 2. The first-order valence-electron chi connectivity index (χ1n) is 9.09. The number of para-hydroxylation sites is 1. The molecule has 2 aromatic heterocycles. The molecule has 0 unspecified atom stereocenters. The minimum Gasteiger partial charge on any atom is -0.475 e. The molecule has 3 heterocycles. The number of nitrogens with zero attached hydrogens (tertiary/aromatic N) is 2. The fourth-order valence-electron chi connectivity index (χ4n) is 3.04. The first kappa shape index (κ1) is 21.4. The van der Waals surface area contributed by atoms with Gasteiger partial charge in [-0.3, -0.25) is 9.88 Å². The first-order chi connectivity index (χ1) is 14.3. The number of carboxylic acid groups (broad SMARTS) is 1. The second kappa shape index (κ2) is 9.04. The average Bonchev–Trinajstić information content (AvgIpc) is 3.35. The number of H-pyrrole nitrogens is 1. The smallest absolute Gasteiger partial charge is 0.475 e. The zero-order chi connectivity index (χ0) is 21.7. The Hall–Kier alpha value is -3.27. The summed E-state index contributed by atoms with van der Waals surface area (Å²) in [5.74, 6) is -1.03. The van der Waals surface area contributed by atoms with Gasteiger partial charge in [-0.1, -0.05) is 19.1 Å². The molecule has 4 rings (SSSR count). The molecule has 0 spiro atoms. The van der Waals surface area contributed by atoms with Crippen LogP contribution < -0.4 is 9.47 Å². The van der Waals surface area contributed by atoms with Crippen LogP contribution in [-0.4, -0.2) is 45.5 Å². The van der Waals surface area contributed by atoms with Crippen molar-refractivity contribution in [3.63, 3.8) is 0 Å². The molecule has 0 amide bonds. The predicted octanol–water partition coefficient (Wildman–Crippen LogP) is 3.95. The highest BCUT2D eigenvalue weighted by atomic mass is 19.4. The van der Waals surface area contributed by atoms with Gasteiger partial charge in [-0.05, 0) is 24.2 Å². The third-order valence-electron chi connectivity index (χ3n) is 4.52. The Labute approximate surface area is 170 Å². The molecule has 0 atom stereocenters. The van der Waals surface area contributed by atoms with Crippen LogP contribution in [0.25, 0.3) is 10.9 Å². The SMILES string of the molecule is CCN(Cc1cccc2c1OCO2)Cc1c[nH]c2cnccc12.O=C(O)C(F)(F)F. The molecular formula is C20H20F3N3O4. The van der Waals surface area contributed by atoms with Crippen LogP contribution in [0.5, 0.6) is 11.5 Å². The number of aromatic amines is 1. The predicted molar refractivity (Wildman–Crippen MR) is 102 cm³/mol. The van der Waals surface area contributed by atoms with Gasteiger partial charge < -0.3 is 19.6 Å². The fraction of sp³-hybridized carbons (Fsp3) is 0.300. The van der Waals surface area contributed by atoms with Crippen molar-refractivity contribution in [3.8, 4) is 11.5 Å². The third-order valence-corrected chi connectivity index (χ3v) is 4.52. The van der Waals surface area contributed by atoms with Crippen LogP contribution >= 0.6 is 0 Å². The molecule has 3 aromatic rings. The number of alkyl halides is 3. The van der Waals surface area contributed by atoms with Gasteiger partial charge in [0.1, 0.15) is 0 Å². The van der Waals surface area contributed by atoms with E-state index in [2.05, 4.69) is 40.1 Å². The molecule has 0 saturated heterocycles. The van der Waals surface area contributed by atoms with Crippen molar-refractivity contribution in [1.82, 2.24) is 14.9 Å². The van der Waals surface area contributed by atoms with Gasteiger partial charge in [0.15, 0.2) is 11.5 Å². The van der Waals surface area contributed by atoms with Crippen LogP contribution in [-0.2, 0) is 17.9 Å². The lowest BCUT2D eigenvalue weighted by Gasteiger charge is -2.21. The Balaban J connectivity index is 0.000000318. The van der Waals surface area contributed by atoms with E-state index in [9.17, 15) is 13.2 Å². The molecule has 1 aliphatic rings. The quantitative estimate of drug-likeness (QED) is 0.646. The number of hydrogen-bond acceptors (Lipinski definition) is 5. The number of rotatable bonds is 5. The highest BCUT2D eigenvalue weighted by Crippen LogP contribution is 2.36. The molecule has 30 heavy (non-hydrogen) atoms. The molecule has 7 nitrogen and oxygen atoms in total. The molecule has 0 aliphatic carbocycles. The molecular weight excluding hydrogens is 403 g/mol. The summed E-state index contributed by atoms with van der Waals surface area (Å²) in [5, 5.41) is 8.36. The van der Waals surface area contributed by atoms with Gasteiger partial charge >= 0.3 is 12.1 Å². The van der Waals surface area contributed by atoms with Gasteiger partial charge in [0, 0.05) is 36.4 Å². The normalized spacial score (nSPS) is 12.7. The van der Waals surface area contributed by atoms with Crippen LogP contribution in [0.1, 0.15) is 18.1 Å². The Kier molecular flexibility index (Phi) is 6.46. The van der Waals surface area contributed by atoms with Crippen LogP contribution in [0.4, 0.5) is 13.2 Å². The summed E-state index contributed by atoms with van der Waals surface area (Å²) in [7, 11) is 0. The van der Waals surface area contributed by atoms with Crippen LogP contribution in [0.2, 0.25) is 0 Å². The van der Waals surface area contributed by atoms with Gasteiger partial charge in [0.2, 0.25) is 6.79 Å². The van der Waals surface area contributed by atoms with Crippen molar-refractivity contribution in [2.75, 3.05) is 13.3 Å². The van der Waals surface area contributed by atoms with E-state index in [1.54, 1.807) is 0 Å². The fourth-order valence-corrected chi connectivity index (χ4v) is 3.04. The van der Waals surface area contributed by atoms with Gasteiger partial charge in [-0.15, -0.1) is 0 Å². The maximum Gasteiger partial charge on any atom is 0.490 e. The summed E-state index contributed by atoms with van der Waals surface area (Å²) >= 11 is 0. The number of aliphatic carboxylic acids is 1. The molecule has 0 radical (unpaired) electrons. The lowest BCUT2D eigenvalue weighted by atomic mass is 10.1. The molecule has 160 valence electrons. The van der Waals surface area contributed by atoms with Crippen molar-refractivity contribution in [1.29, 1.82) is 0 Å². The van der Waals surface area contributed by atoms with Crippen LogP contribution in [0.3, 0.4) is 0 Å². The molecule has 1 aromatic carbocycles. The molecule has 2 N–H and O–H groups in total. The van der Waals surface area contributed by atoms with Crippen LogP contribution in [0, 0.1) is 0 Å². The third kappa shape index (κ3) is 5.01. The van der Waals surface area contributed by atoms with E-state index >= 15 is 0 Å². The molecule has 0 fully saturated rings. The van der Waals surface area contributed by atoms with Crippen molar-refractivity contribution < 1.29 is 32.5 Å². The summed E-state index contributed by atoms with van der Waals surface area (Å²) in [6.07, 6.45) is 0.694. The summed E-state index contributed by atoms with van der Waals surface area (Å²) in [5.41, 5.74) is 3.54. The number of carbonyl (C=O) groups is 1. The van der Waals surface area contributed by atoms with E-state index in [4.69, 9.17) is 19.4 Å². The van der Waals surface area contributed by atoms with Crippen molar-refractivity contribution >= 4 is 16.9 Å². The van der Waals surface area contributed by atoms with Gasteiger partial charge in [-0.2, -0.15) is 13.2 Å². The second-order valence-electron chi connectivity index (χ2n) is 6.49. The lowest BCUT2D eigenvalue weighted by molar-refractivity contribution is -0.192. The highest BCUT2D eigenvalue weighted by Gasteiger charge is 2.38. The van der Waals surface area contributed by atoms with Gasteiger partial charge in [0.05, 0.1) is 11.7 Å². The van der Waals surface area contributed by atoms with E-state index in [0.717, 1.165) is 36.6 Å². The Morgan fingerprint density at radius 1 is 1.23 bits per heavy atom. The Morgan fingerprint density at radius 3 is 2.67 bits per heavy atom. The summed E-state index contributed by atoms with van der Waals surface area (Å²) in [4.78, 5) is 18.7. The van der Waals surface area contributed by atoms with E-state index in [-0.39, 0.29) is 0 Å². The van der Waals surface area contributed by atoms with E-state index < -0.39 is 12.1 Å². The van der Waals surface area contributed by atoms with E-state index in [1.165, 1.54) is 16.5 Å². The number of fused-ring (bicyclic) bond motifs is 2. The summed E-state index contributed by atoms with van der Waals surface area (Å²) in [6.45, 7) is 5.17. The zero-order valence-electron chi connectivity index (χ0n) is 16.1. The number of pyridine rings is 1. The molecule has 10 heteroatoms. The summed E-state index contributed by atoms with van der Waals surface area (Å²) < 4.78 is 42.8. The maximum atomic E-state index is 10.6. The number of hydrogen-bond donors (Lipinski definition) is 2. The van der Waals surface area contributed by atoms with Crippen LogP contribution in [0.15, 0.2) is 42.9 Å². The number of halogens is 3. The lowest BCUT2D eigenvalue weighted by Crippen LogP contribution is -2.22. The first-order valence-corrected chi connectivity index (χ1v) is 9.09. The average molecular weight is 423 g/mol. The van der Waals surface area contributed by atoms with Gasteiger partial charge in [0.25, 0.3) is 0 Å². The number of ether oxygens (including phenoxy) is 2. The van der Waals surface area contributed by atoms with Crippen molar-refractivity contribution in [2.45, 2.75) is 26.2 Å². The topological polar surface area (TPSA) is 87.7 Å². The number of nitrogens with one attached hydrogen (secondary N) is 1. The molecule has 0 saturated carbocycles. The van der Waals surface area contributed by atoms with Crippen molar-refractivity contribution in [3.05, 3.63) is 54.0 Å². The molecule has 1 aliphatic heterocycles. The molecule has 0 bridgehead atoms. The van der Waals surface area contributed by atoms with Gasteiger partial charge in [-0.25, -0.2) is 4.79 Å². The monoisotopic (exact) mass is 423 g/mol. The largest absolute Gasteiger partial charge is 0.490 e. The standard InChI is InChI=1S/C18H19N3O2.C2HF3O2/c1-2-21(10-13-4-3-5-17-18(13)23-12-22-17)11-14-8-20-16-9-19-7-6-15(14)16;3-2(4,5)1(6)7/h3-9,20H,2,10-12H2,1H3;(H,6,7). The minimum atomic E-state index is -5.08. The van der Waals surface area contributed by atoms with E-state index in [0.29, 0.717) is 6.79 Å². The second-order valence-corrected chi connectivity index (χ2v) is 6.49. The zero-order valence-corrected chi connectivity index (χ0v) is 16.1. The summed E-state index contributed by atoms with van der Waals surface area (Å²) in [6, 6.07) is 8.14. The maximum absolute atomic E-state index is 10.6. The minimum absolute atomic E-state index is 0.313. The highest BCUT2D eigenvalue weighted by molar-refractivity contribution is 5.82. The van der Waals surface area contributed by atoms with Crippen molar-refractivity contribution in [2.24, 2.45) is 0 Å². The van der Waals surface area contributed by atoms with E-state index in [1.807, 2.05) is 24.5 Å². The number of carboxylic acids is 1. The Morgan fingerprint density at radius 2 is 1.97 bits per heavy atom. The number of benzene rings is 1. The Bertz CT molecular complexity index is 1020.